The molecule has 37 heavy (non-hydrogen) atoms. The quantitative estimate of drug-likeness (QED) is 0.258. The number of rotatable bonds is 5. The molecule has 0 atom stereocenters. The highest BCUT2D eigenvalue weighted by Gasteiger charge is 2.38. The van der Waals surface area contributed by atoms with Crippen molar-refractivity contribution in [1.29, 1.82) is 0 Å². The van der Waals surface area contributed by atoms with Gasteiger partial charge in [0.1, 0.15) is 5.75 Å². The molecule has 2 heterocycles. The fourth-order valence-corrected chi connectivity index (χ4v) is 2.58. The molecular weight excluding hydrogens is 523 g/mol. The Kier molecular flexibility index (Phi) is 7.54. The van der Waals surface area contributed by atoms with Gasteiger partial charge in [0, 0.05) is 17.4 Å². The largest absolute Gasteiger partial charge is 0.573 e. The minimum Gasteiger partial charge on any atom is -0.475 e. The molecule has 0 radical (unpaired) electrons. The maximum absolute atomic E-state index is 14.1. The third-order valence-corrected chi connectivity index (χ3v) is 3.99. The number of nitrogens with one attached hydrogen (secondary N) is 3. The summed E-state index contributed by atoms with van der Waals surface area (Å²) in [5, 5.41) is 12.5. The lowest BCUT2D eigenvalue weighted by Crippen LogP contribution is -2.21. The Morgan fingerprint density at radius 2 is 1.70 bits per heavy atom. The van der Waals surface area contributed by atoms with Crippen molar-refractivity contribution < 1.29 is 49.8 Å². The number of hydrogen-bond donors (Lipinski definition) is 4. The lowest BCUT2D eigenvalue weighted by atomic mass is 10.3. The van der Waals surface area contributed by atoms with E-state index in [1.807, 2.05) is 0 Å². The average molecular weight is 535 g/mol. The monoisotopic (exact) mass is 535 g/mol. The zero-order valence-electron chi connectivity index (χ0n) is 17.7. The van der Waals surface area contributed by atoms with Crippen LogP contribution in [0.2, 0.25) is 0 Å². The molecule has 0 aliphatic heterocycles. The number of halogens is 7. The minimum absolute atomic E-state index is 0.0687. The predicted octanol–water partition coefficient (Wildman–Crippen LogP) is 5.07. The first-order chi connectivity index (χ1) is 17.2. The van der Waals surface area contributed by atoms with Crippen molar-refractivity contribution in [3.05, 3.63) is 65.0 Å². The van der Waals surface area contributed by atoms with Crippen LogP contribution < -0.4 is 21.1 Å². The van der Waals surface area contributed by atoms with Crippen molar-refractivity contribution >= 4 is 40.2 Å². The Bertz CT molecular complexity index is 1470. The third-order valence-electron chi connectivity index (χ3n) is 3.99. The van der Waals surface area contributed by atoms with E-state index >= 15 is 0 Å². The molecule has 4 aromatic rings. The molecule has 4 rings (SSSR count). The van der Waals surface area contributed by atoms with Crippen LogP contribution in [-0.4, -0.2) is 38.6 Å². The summed E-state index contributed by atoms with van der Waals surface area (Å²) in [5.74, 6) is -4.85. The van der Waals surface area contributed by atoms with Crippen LogP contribution in [0.3, 0.4) is 0 Å². The second-order valence-electron chi connectivity index (χ2n) is 6.74. The van der Waals surface area contributed by atoms with Crippen LogP contribution in [0.1, 0.15) is 0 Å². The van der Waals surface area contributed by atoms with Crippen molar-refractivity contribution in [2.24, 2.45) is 0 Å². The summed E-state index contributed by atoms with van der Waals surface area (Å²) in [4.78, 5) is 30.4. The molecular formula is C20H12F7N5O5. The van der Waals surface area contributed by atoms with Crippen LogP contribution in [-0.2, 0) is 4.79 Å². The molecule has 0 saturated carbocycles. The van der Waals surface area contributed by atoms with Crippen LogP contribution in [0.4, 0.5) is 53.9 Å². The van der Waals surface area contributed by atoms with Crippen molar-refractivity contribution in [2.45, 2.75) is 12.5 Å². The molecule has 4 N–H and O–H groups in total. The maximum atomic E-state index is 14.1. The second-order valence-corrected chi connectivity index (χ2v) is 6.74. The standard InChI is InChI=1S/C18H11F4N5O3.C2HF3O2/c19-12-8-23-16(25-9-2-1-3-11(6-9)30-18(20,21)22)27-15(12)24-10-4-5-14-13(7-10)26-17(28)29-14;3-2(4,5)1(6)7/h1-8H,(H,26,28)(H2,23,24,25,27);(H,6,7). The first-order valence-electron chi connectivity index (χ1n) is 9.55. The molecule has 10 nitrogen and oxygen atoms in total. The number of hydrogen-bond acceptors (Lipinski definition) is 8. The zero-order valence-corrected chi connectivity index (χ0v) is 17.7. The van der Waals surface area contributed by atoms with E-state index in [0.717, 1.165) is 18.3 Å². The number of nitrogens with zero attached hydrogens (tertiary/aromatic N) is 2. The van der Waals surface area contributed by atoms with Gasteiger partial charge in [0.05, 0.1) is 11.7 Å². The highest BCUT2D eigenvalue weighted by atomic mass is 19.4. The van der Waals surface area contributed by atoms with Gasteiger partial charge in [-0.3, -0.25) is 4.98 Å². The molecule has 0 unspecified atom stereocenters. The zero-order chi connectivity index (χ0) is 27.4. The van der Waals surface area contributed by atoms with E-state index in [1.54, 1.807) is 6.07 Å². The Hall–Kier alpha value is -4.83. The van der Waals surface area contributed by atoms with E-state index in [0.29, 0.717) is 16.8 Å². The number of aromatic amines is 1. The van der Waals surface area contributed by atoms with Gasteiger partial charge in [-0.2, -0.15) is 18.2 Å². The molecule has 17 heteroatoms. The van der Waals surface area contributed by atoms with Crippen molar-refractivity contribution in [3.8, 4) is 5.75 Å². The lowest BCUT2D eigenvalue weighted by Gasteiger charge is -2.12. The maximum Gasteiger partial charge on any atom is 0.573 e. The number of aliphatic carboxylic acids is 1. The fourth-order valence-electron chi connectivity index (χ4n) is 2.58. The highest BCUT2D eigenvalue weighted by Crippen LogP contribution is 2.27. The summed E-state index contributed by atoms with van der Waals surface area (Å²) in [7, 11) is 0. The minimum atomic E-state index is -5.08. The fraction of sp³-hybridized carbons (Fsp3) is 0.100. The Morgan fingerprint density at radius 3 is 2.35 bits per heavy atom. The number of H-pyrrole nitrogens is 1. The van der Waals surface area contributed by atoms with Crippen LogP contribution in [0.25, 0.3) is 11.1 Å². The van der Waals surface area contributed by atoms with Gasteiger partial charge in [0.25, 0.3) is 0 Å². The van der Waals surface area contributed by atoms with E-state index in [-0.39, 0.29) is 17.5 Å². The van der Waals surface area contributed by atoms with E-state index in [2.05, 4.69) is 30.3 Å². The first-order valence-corrected chi connectivity index (χ1v) is 9.55. The summed E-state index contributed by atoms with van der Waals surface area (Å²) in [6.45, 7) is 0. The molecule has 2 aromatic heterocycles. The predicted molar refractivity (Wildman–Crippen MR) is 112 cm³/mol. The summed E-state index contributed by atoms with van der Waals surface area (Å²) in [6.07, 6.45) is -9.02. The second kappa shape index (κ2) is 10.4. The van der Waals surface area contributed by atoms with Gasteiger partial charge in [0.15, 0.2) is 17.2 Å². The third kappa shape index (κ3) is 7.84. The summed E-state index contributed by atoms with van der Waals surface area (Å²) in [6, 6.07) is 9.61. The number of ether oxygens (including phenoxy) is 1. The lowest BCUT2D eigenvalue weighted by molar-refractivity contribution is -0.274. The summed E-state index contributed by atoms with van der Waals surface area (Å²) in [5.41, 5.74) is 1.34. The van der Waals surface area contributed by atoms with Crippen LogP contribution in [0.15, 0.2) is 57.9 Å². The van der Waals surface area contributed by atoms with Gasteiger partial charge in [-0.15, -0.1) is 13.2 Å². The molecule has 0 aliphatic carbocycles. The van der Waals surface area contributed by atoms with Gasteiger partial charge in [-0.25, -0.2) is 19.0 Å². The number of aromatic nitrogens is 3. The number of carboxylic acids is 1. The molecule has 0 aliphatic rings. The van der Waals surface area contributed by atoms with Crippen molar-refractivity contribution in [2.75, 3.05) is 10.6 Å². The van der Waals surface area contributed by atoms with Gasteiger partial charge in [-0.1, -0.05) is 6.07 Å². The Morgan fingerprint density at radius 1 is 1.03 bits per heavy atom. The average Bonchev–Trinajstić information content (AvgIpc) is 3.14. The number of benzene rings is 2. The first kappa shape index (κ1) is 26.8. The van der Waals surface area contributed by atoms with Gasteiger partial charge in [-0.05, 0) is 30.3 Å². The molecule has 0 bridgehead atoms. The Labute approximate surface area is 199 Å². The van der Waals surface area contributed by atoms with E-state index in [1.165, 1.54) is 24.3 Å². The summed E-state index contributed by atoms with van der Waals surface area (Å²) >= 11 is 0. The topological polar surface area (TPSA) is 142 Å². The van der Waals surface area contributed by atoms with Gasteiger partial charge in [0.2, 0.25) is 5.95 Å². The number of fused-ring (bicyclic) bond motifs is 1. The Balaban J connectivity index is 0.000000479. The normalized spacial score (nSPS) is 11.4. The number of carboxylic acid groups (broad SMARTS) is 1. The van der Waals surface area contributed by atoms with Crippen molar-refractivity contribution in [1.82, 2.24) is 15.0 Å². The smallest absolute Gasteiger partial charge is 0.475 e. The molecule has 0 amide bonds. The molecule has 0 saturated heterocycles. The number of anilines is 4. The van der Waals surface area contributed by atoms with Crippen molar-refractivity contribution in [3.63, 3.8) is 0 Å². The van der Waals surface area contributed by atoms with E-state index in [9.17, 15) is 35.5 Å². The number of carbonyl (C=O) groups is 1. The van der Waals surface area contributed by atoms with Crippen LogP contribution in [0.5, 0.6) is 5.75 Å². The van der Waals surface area contributed by atoms with Crippen LogP contribution in [0, 0.1) is 5.82 Å². The van der Waals surface area contributed by atoms with E-state index < -0.39 is 35.8 Å². The van der Waals surface area contributed by atoms with Gasteiger partial charge < -0.3 is 24.9 Å². The molecule has 2 aromatic carbocycles. The highest BCUT2D eigenvalue weighted by molar-refractivity contribution is 5.78. The SMILES string of the molecule is O=C(O)C(F)(F)F.O=c1[nH]c2cc(Nc3nc(Nc4cccc(OC(F)(F)F)c4)ncc3F)ccc2o1. The van der Waals surface area contributed by atoms with Crippen LogP contribution >= 0.6 is 0 Å². The van der Waals surface area contributed by atoms with E-state index in [4.69, 9.17) is 14.3 Å². The summed E-state index contributed by atoms with van der Waals surface area (Å²) < 4.78 is 91.7. The molecule has 0 spiro atoms. The molecule has 196 valence electrons. The molecule has 0 fully saturated rings. The number of oxazole rings is 1. The number of alkyl halides is 6. The van der Waals surface area contributed by atoms with Gasteiger partial charge >= 0.3 is 24.3 Å².